The van der Waals surface area contributed by atoms with Gasteiger partial charge in [-0.3, -0.25) is 0 Å². The normalized spacial score (nSPS) is 13.2. The first-order chi connectivity index (χ1) is 4.72. The summed E-state index contributed by atoms with van der Waals surface area (Å²) in [6.07, 6.45) is 2.38. The average molecular weight is 141 g/mol. The van der Waals surface area contributed by atoms with E-state index >= 15 is 0 Å². The van der Waals surface area contributed by atoms with Crippen LogP contribution in [-0.2, 0) is 0 Å². The van der Waals surface area contributed by atoms with Gasteiger partial charge in [0.1, 0.15) is 0 Å². The molecule has 0 aliphatic rings. The summed E-state index contributed by atoms with van der Waals surface area (Å²) in [5.41, 5.74) is 3.08. The molecule has 0 aromatic heterocycles. The lowest BCUT2D eigenvalue weighted by Crippen LogP contribution is -2.08. The van der Waals surface area contributed by atoms with Gasteiger partial charge in [-0.2, -0.15) is 0 Å². The number of rotatable bonds is 4. The molecule has 0 aromatic carbocycles. The Kier molecular flexibility index (Phi) is 5.32. The molecule has 1 heteroatoms. The van der Waals surface area contributed by atoms with Crippen molar-refractivity contribution in [3.05, 3.63) is 11.1 Å². The molecule has 0 aliphatic heterocycles. The van der Waals surface area contributed by atoms with Crippen molar-refractivity contribution in [1.82, 2.24) is 5.32 Å². The minimum Gasteiger partial charge on any atom is -0.319 e. The van der Waals surface area contributed by atoms with Crippen LogP contribution >= 0.6 is 0 Å². The second kappa shape index (κ2) is 5.48. The fraction of sp³-hybridized carbons (Fsp3) is 0.778. The Balaban J connectivity index is 3.68. The maximum Gasteiger partial charge on any atom is -0.00146 e. The van der Waals surface area contributed by atoms with Crippen LogP contribution in [-0.4, -0.2) is 13.6 Å². The first-order valence-corrected chi connectivity index (χ1v) is 4.02. The van der Waals surface area contributed by atoms with Crippen LogP contribution in [0.15, 0.2) is 11.1 Å². The van der Waals surface area contributed by atoms with Crippen molar-refractivity contribution in [3.63, 3.8) is 0 Å². The van der Waals surface area contributed by atoms with Gasteiger partial charge >= 0.3 is 0 Å². The molecule has 0 radical (unpaired) electrons. The first-order valence-electron chi connectivity index (χ1n) is 4.02. The van der Waals surface area contributed by atoms with Crippen LogP contribution in [0.4, 0.5) is 0 Å². The van der Waals surface area contributed by atoms with Crippen LogP contribution in [0.5, 0.6) is 0 Å². The van der Waals surface area contributed by atoms with Crippen molar-refractivity contribution in [1.29, 1.82) is 0 Å². The van der Waals surface area contributed by atoms with Crippen LogP contribution in [0.25, 0.3) is 0 Å². The molecule has 60 valence electrons. The van der Waals surface area contributed by atoms with E-state index in [1.165, 1.54) is 24.0 Å². The average Bonchev–Trinajstić information content (AvgIpc) is 1.98. The lowest BCUT2D eigenvalue weighted by Gasteiger charge is -2.04. The van der Waals surface area contributed by atoms with Gasteiger partial charge in [0.25, 0.3) is 0 Å². The van der Waals surface area contributed by atoms with Gasteiger partial charge in [0.15, 0.2) is 0 Å². The van der Waals surface area contributed by atoms with E-state index in [0.717, 1.165) is 6.54 Å². The Morgan fingerprint density at radius 2 is 1.80 bits per heavy atom. The minimum atomic E-state index is 1.10. The largest absolute Gasteiger partial charge is 0.319 e. The Hall–Kier alpha value is -0.300. The van der Waals surface area contributed by atoms with Gasteiger partial charge in [0.05, 0.1) is 0 Å². The Bertz CT molecular complexity index is 114. The summed E-state index contributed by atoms with van der Waals surface area (Å²) in [4.78, 5) is 0. The maximum atomic E-state index is 3.14. The molecular weight excluding hydrogens is 122 g/mol. The highest BCUT2D eigenvalue weighted by Gasteiger charge is 1.92. The van der Waals surface area contributed by atoms with Crippen molar-refractivity contribution in [2.24, 2.45) is 0 Å². The van der Waals surface area contributed by atoms with E-state index in [-0.39, 0.29) is 0 Å². The monoisotopic (exact) mass is 141 g/mol. The second-order valence-corrected chi connectivity index (χ2v) is 2.77. The molecular formula is C9H19N. The molecule has 0 bridgehead atoms. The van der Waals surface area contributed by atoms with Crippen LogP contribution in [0.1, 0.15) is 33.6 Å². The molecule has 1 N–H and O–H groups in total. The highest BCUT2D eigenvalue weighted by Crippen LogP contribution is 2.09. The van der Waals surface area contributed by atoms with E-state index in [9.17, 15) is 0 Å². The topological polar surface area (TPSA) is 12.0 Å². The predicted octanol–water partition coefficient (Wildman–Crippen LogP) is 2.34. The molecule has 0 unspecified atom stereocenters. The first kappa shape index (κ1) is 9.70. The van der Waals surface area contributed by atoms with Crippen LogP contribution < -0.4 is 5.32 Å². The third kappa shape index (κ3) is 3.67. The summed E-state index contributed by atoms with van der Waals surface area (Å²) in [6, 6.07) is 0. The molecule has 0 fully saturated rings. The lowest BCUT2D eigenvalue weighted by atomic mass is 10.1. The van der Waals surface area contributed by atoms with Crippen LogP contribution in [0.2, 0.25) is 0 Å². The van der Waals surface area contributed by atoms with Crippen molar-refractivity contribution < 1.29 is 0 Å². The fourth-order valence-electron chi connectivity index (χ4n) is 0.828. The van der Waals surface area contributed by atoms with E-state index in [0.29, 0.717) is 0 Å². The Labute approximate surface area is 64.5 Å². The molecule has 0 saturated heterocycles. The van der Waals surface area contributed by atoms with Gasteiger partial charge in [0, 0.05) is 0 Å². The summed E-state index contributed by atoms with van der Waals surface area (Å²) in [5, 5.41) is 3.14. The van der Waals surface area contributed by atoms with Crippen molar-refractivity contribution >= 4 is 0 Å². The Morgan fingerprint density at radius 1 is 1.20 bits per heavy atom. The second-order valence-electron chi connectivity index (χ2n) is 2.77. The SMILES string of the molecule is CC/C(C)=C(/C)CCNC. The highest BCUT2D eigenvalue weighted by atomic mass is 14.8. The van der Waals surface area contributed by atoms with E-state index < -0.39 is 0 Å². The molecule has 10 heavy (non-hydrogen) atoms. The van der Waals surface area contributed by atoms with Gasteiger partial charge in [-0.15, -0.1) is 0 Å². The lowest BCUT2D eigenvalue weighted by molar-refractivity contribution is 0.775. The summed E-state index contributed by atoms with van der Waals surface area (Å²) >= 11 is 0. The van der Waals surface area contributed by atoms with Crippen LogP contribution in [0, 0.1) is 0 Å². The Morgan fingerprint density at radius 3 is 2.20 bits per heavy atom. The summed E-state index contributed by atoms with van der Waals surface area (Å²) in [5.74, 6) is 0. The summed E-state index contributed by atoms with van der Waals surface area (Å²) in [6.45, 7) is 7.74. The zero-order chi connectivity index (χ0) is 7.98. The fourth-order valence-corrected chi connectivity index (χ4v) is 0.828. The number of nitrogens with one attached hydrogen (secondary N) is 1. The van der Waals surface area contributed by atoms with Crippen molar-refractivity contribution in [3.8, 4) is 0 Å². The molecule has 0 spiro atoms. The van der Waals surface area contributed by atoms with E-state index in [1.54, 1.807) is 0 Å². The van der Waals surface area contributed by atoms with E-state index in [1.807, 2.05) is 7.05 Å². The predicted molar refractivity (Wildman–Crippen MR) is 47.2 cm³/mol. The van der Waals surface area contributed by atoms with Gasteiger partial charge in [-0.25, -0.2) is 0 Å². The zero-order valence-corrected chi connectivity index (χ0v) is 7.62. The number of allylic oxidation sites excluding steroid dienone is 1. The smallest absolute Gasteiger partial charge is 0.00146 e. The van der Waals surface area contributed by atoms with E-state index in [4.69, 9.17) is 0 Å². The molecule has 0 amide bonds. The van der Waals surface area contributed by atoms with Crippen molar-refractivity contribution in [2.45, 2.75) is 33.6 Å². The van der Waals surface area contributed by atoms with Gasteiger partial charge in [-0.1, -0.05) is 18.1 Å². The number of hydrogen-bond donors (Lipinski definition) is 1. The third-order valence-electron chi connectivity index (χ3n) is 2.01. The van der Waals surface area contributed by atoms with Crippen LogP contribution in [0.3, 0.4) is 0 Å². The molecule has 1 nitrogen and oxygen atoms in total. The van der Waals surface area contributed by atoms with Gasteiger partial charge in [0.2, 0.25) is 0 Å². The van der Waals surface area contributed by atoms with Gasteiger partial charge in [-0.05, 0) is 40.3 Å². The standard InChI is InChI=1S/C9H19N/c1-5-8(2)9(3)6-7-10-4/h10H,5-7H2,1-4H3/b9-8-. The summed E-state index contributed by atoms with van der Waals surface area (Å²) < 4.78 is 0. The van der Waals surface area contributed by atoms with E-state index in [2.05, 4.69) is 26.1 Å². The third-order valence-corrected chi connectivity index (χ3v) is 2.01. The van der Waals surface area contributed by atoms with Crippen molar-refractivity contribution in [2.75, 3.05) is 13.6 Å². The molecule has 0 rings (SSSR count). The minimum absolute atomic E-state index is 1.10. The van der Waals surface area contributed by atoms with Gasteiger partial charge < -0.3 is 5.32 Å². The quantitative estimate of drug-likeness (QED) is 0.592. The highest BCUT2D eigenvalue weighted by molar-refractivity contribution is 5.08. The molecule has 0 saturated carbocycles. The molecule has 0 aromatic rings. The number of hydrogen-bond acceptors (Lipinski definition) is 1. The molecule has 0 heterocycles. The molecule has 0 aliphatic carbocycles. The molecule has 0 atom stereocenters. The summed E-state index contributed by atoms with van der Waals surface area (Å²) in [7, 11) is 1.99. The maximum absolute atomic E-state index is 3.14. The zero-order valence-electron chi connectivity index (χ0n) is 7.62.